The van der Waals surface area contributed by atoms with Gasteiger partial charge in [-0.1, -0.05) is 47.5 Å². The Kier molecular flexibility index (Phi) is 3.98. The second-order valence-electron chi connectivity index (χ2n) is 4.16. The van der Waals surface area contributed by atoms with Gasteiger partial charge < -0.3 is 0 Å². The van der Waals surface area contributed by atoms with E-state index in [0.29, 0.717) is 0 Å². The fourth-order valence-corrected chi connectivity index (χ4v) is 1.93. The van der Waals surface area contributed by atoms with E-state index in [0.717, 1.165) is 48.5 Å². The minimum absolute atomic E-state index is 0.194. The minimum Gasteiger partial charge on any atom is -0.194 e. The van der Waals surface area contributed by atoms with Crippen LogP contribution in [0.2, 0.25) is 10.0 Å². The Morgan fingerprint density at radius 1 is 0.550 bits per heavy atom. The van der Waals surface area contributed by atoms with Gasteiger partial charge in [0.2, 0.25) is 0 Å². The topological polar surface area (TPSA) is 0 Å². The van der Waals surface area contributed by atoms with Crippen molar-refractivity contribution in [2.45, 2.75) is 11.8 Å². The van der Waals surface area contributed by atoms with Crippen LogP contribution < -0.4 is 0 Å². The van der Waals surface area contributed by atoms with E-state index >= 15 is 0 Å². The van der Waals surface area contributed by atoms with E-state index in [1.807, 2.05) is 0 Å². The van der Waals surface area contributed by atoms with Crippen LogP contribution in [0.3, 0.4) is 0 Å². The predicted octanol–water partition coefficient (Wildman–Crippen LogP) is 5.88. The summed E-state index contributed by atoms with van der Waals surface area (Å²) in [4.78, 5) is 0. The molecule has 0 bridgehead atoms. The Balaban J connectivity index is 2.45. The second kappa shape index (κ2) is 5.26. The lowest BCUT2D eigenvalue weighted by Gasteiger charge is -2.27. The number of hydrogen-bond donors (Lipinski definition) is 0. The largest absolute Gasteiger partial charge is 0.339 e. The van der Waals surface area contributed by atoms with Crippen molar-refractivity contribution in [2.24, 2.45) is 0 Å². The van der Waals surface area contributed by atoms with E-state index in [2.05, 4.69) is 0 Å². The Bertz CT molecular complexity index is 536. The summed E-state index contributed by atoms with van der Waals surface area (Å²) in [6, 6.07) is 8.09. The van der Waals surface area contributed by atoms with Gasteiger partial charge in [0.1, 0.15) is 0 Å². The molecule has 0 aliphatic carbocycles. The number of hydrogen-bond acceptors (Lipinski definition) is 0. The SMILES string of the molecule is FC(F)(c1ccc(Cl)cc1)C(F)(F)c1ccc(Cl)cc1. The highest BCUT2D eigenvalue weighted by Gasteiger charge is 2.58. The third-order valence-electron chi connectivity index (χ3n) is 2.81. The Morgan fingerprint density at radius 3 is 1.05 bits per heavy atom. The number of halogens is 6. The first kappa shape index (κ1) is 15.1. The van der Waals surface area contributed by atoms with E-state index in [9.17, 15) is 17.6 Å². The molecule has 2 aromatic carbocycles. The molecule has 20 heavy (non-hydrogen) atoms. The van der Waals surface area contributed by atoms with Gasteiger partial charge in [0.25, 0.3) is 0 Å². The Hall–Kier alpha value is -1.26. The molecule has 0 saturated carbocycles. The normalized spacial score (nSPS) is 12.5. The molecule has 0 unspecified atom stereocenters. The Morgan fingerprint density at radius 2 is 0.800 bits per heavy atom. The van der Waals surface area contributed by atoms with E-state index in [-0.39, 0.29) is 10.0 Å². The molecule has 0 spiro atoms. The molecule has 0 amide bonds. The molecule has 0 aliphatic heterocycles. The zero-order valence-corrected chi connectivity index (χ0v) is 11.4. The highest BCUT2D eigenvalue weighted by molar-refractivity contribution is 6.30. The lowest BCUT2D eigenvalue weighted by molar-refractivity contribution is -0.223. The van der Waals surface area contributed by atoms with Crippen LogP contribution in [0.25, 0.3) is 0 Å². The molecular formula is C14H8Cl2F4. The van der Waals surface area contributed by atoms with E-state index in [4.69, 9.17) is 23.2 Å². The second-order valence-corrected chi connectivity index (χ2v) is 5.04. The molecule has 0 radical (unpaired) electrons. The summed E-state index contributed by atoms with van der Waals surface area (Å²) in [5, 5.41) is 0.388. The van der Waals surface area contributed by atoms with Crippen LogP contribution in [-0.4, -0.2) is 0 Å². The van der Waals surface area contributed by atoms with Gasteiger partial charge >= 0.3 is 11.8 Å². The summed E-state index contributed by atoms with van der Waals surface area (Å²) in [6.45, 7) is 0. The van der Waals surface area contributed by atoms with Crippen molar-refractivity contribution >= 4 is 23.2 Å². The maximum absolute atomic E-state index is 14.0. The molecule has 0 nitrogen and oxygen atoms in total. The van der Waals surface area contributed by atoms with Crippen molar-refractivity contribution in [1.29, 1.82) is 0 Å². The quantitative estimate of drug-likeness (QED) is 0.619. The molecule has 2 aromatic rings. The van der Waals surface area contributed by atoms with Crippen molar-refractivity contribution in [2.75, 3.05) is 0 Å². The lowest BCUT2D eigenvalue weighted by atomic mass is 9.96. The summed E-state index contributed by atoms with van der Waals surface area (Å²) >= 11 is 11.1. The van der Waals surface area contributed by atoms with Crippen LogP contribution in [0.5, 0.6) is 0 Å². The molecule has 0 atom stereocenters. The van der Waals surface area contributed by atoms with E-state index < -0.39 is 23.0 Å². The smallest absolute Gasteiger partial charge is 0.194 e. The van der Waals surface area contributed by atoms with Crippen molar-refractivity contribution in [3.63, 3.8) is 0 Å². The van der Waals surface area contributed by atoms with Crippen molar-refractivity contribution in [1.82, 2.24) is 0 Å². The molecule has 2 rings (SSSR count). The van der Waals surface area contributed by atoms with Crippen LogP contribution in [0, 0.1) is 0 Å². The molecule has 106 valence electrons. The predicted molar refractivity (Wildman–Crippen MR) is 70.7 cm³/mol. The summed E-state index contributed by atoms with van der Waals surface area (Å²) in [5.74, 6) is -8.71. The monoisotopic (exact) mass is 322 g/mol. The Labute approximate surface area is 122 Å². The highest BCUT2D eigenvalue weighted by atomic mass is 35.5. The lowest BCUT2D eigenvalue weighted by Crippen LogP contribution is -2.35. The first-order valence-corrected chi connectivity index (χ1v) is 6.28. The zero-order valence-electron chi connectivity index (χ0n) is 9.89. The first-order valence-electron chi connectivity index (χ1n) is 5.53. The van der Waals surface area contributed by atoms with Crippen LogP contribution in [0.4, 0.5) is 17.6 Å². The van der Waals surface area contributed by atoms with Crippen molar-refractivity contribution in [3.8, 4) is 0 Å². The molecule has 6 heteroatoms. The third-order valence-corrected chi connectivity index (χ3v) is 3.31. The first-order chi connectivity index (χ1) is 9.25. The van der Waals surface area contributed by atoms with Crippen LogP contribution >= 0.6 is 23.2 Å². The van der Waals surface area contributed by atoms with Gasteiger partial charge in [-0.25, -0.2) is 0 Å². The van der Waals surface area contributed by atoms with Gasteiger partial charge in [0, 0.05) is 21.2 Å². The van der Waals surface area contributed by atoms with Gasteiger partial charge in [-0.3, -0.25) is 0 Å². The van der Waals surface area contributed by atoms with E-state index in [1.165, 1.54) is 0 Å². The van der Waals surface area contributed by atoms with E-state index in [1.54, 1.807) is 0 Å². The molecular weight excluding hydrogens is 315 g/mol. The van der Waals surface area contributed by atoms with Gasteiger partial charge in [0.15, 0.2) is 0 Å². The standard InChI is InChI=1S/C14H8Cl2F4/c15-11-5-1-9(2-6-11)13(17,18)14(19,20)10-3-7-12(16)8-4-10/h1-8H. The average molecular weight is 323 g/mol. The van der Waals surface area contributed by atoms with Crippen molar-refractivity contribution in [3.05, 3.63) is 69.7 Å². The summed E-state index contributed by atoms with van der Waals surface area (Å²) in [5.41, 5.74) is -1.61. The van der Waals surface area contributed by atoms with Gasteiger partial charge in [-0.2, -0.15) is 17.6 Å². The number of alkyl halides is 4. The summed E-state index contributed by atoms with van der Waals surface area (Å²) in [7, 11) is 0. The van der Waals surface area contributed by atoms with Crippen molar-refractivity contribution < 1.29 is 17.6 Å². The molecule has 0 heterocycles. The average Bonchev–Trinajstić information content (AvgIpc) is 2.39. The van der Waals surface area contributed by atoms with Crippen LogP contribution in [0.1, 0.15) is 11.1 Å². The fourth-order valence-electron chi connectivity index (χ4n) is 1.68. The van der Waals surface area contributed by atoms with Gasteiger partial charge in [0.05, 0.1) is 0 Å². The third kappa shape index (κ3) is 2.63. The highest BCUT2D eigenvalue weighted by Crippen LogP contribution is 2.49. The number of benzene rings is 2. The summed E-state index contributed by atoms with van der Waals surface area (Å²) in [6.07, 6.45) is 0. The summed E-state index contributed by atoms with van der Waals surface area (Å²) < 4.78 is 56.1. The molecule has 0 saturated heterocycles. The van der Waals surface area contributed by atoms with Gasteiger partial charge in [-0.05, 0) is 24.3 Å². The zero-order chi connectivity index (χ0) is 15.0. The van der Waals surface area contributed by atoms with Crippen LogP contribution in [-0.2, 0) is 11.8 Å². The minimum atomic E-state index is -4.36. The molecule has 0 N–H and O–H groups in total. The molecule has 0 aliphatic rings. The number of rotatable bonds is 3. The molecule has 0 fully saturated rings. The molecule has 0 aromatic heterocycles. The maximum atomic E-state index is 14.0. The maximum Gasteiger partial charge on any atom is 0.339 e. The fraction of sp³-hybridized carbons (Fsp3) is 0.143. The van der Waals surface area contributed by atoms with Crippen LogP contribution in [0.15, 0.2) is 48.5 Å². The van der Waals surface area contributed by atoms with Gasteiger partial charge in [-0.15, -0.1) is 0 Å².